The summed E-state index contributed by atoms with van der Waals surface area (Å²) in [4.78, 5) is 0. The van der Waals surface area contributed by atoms with Gasteiger partial charge in [-0.2, -0.15) is 5.10 Å². The molecule has 0 aliphatic carbocycles. The van der Waals surface area contributed by atoms with Crippen molar-refractivity contribution in [2.24, 2.45) is 7.05 Å². The summed E-state index contributed by atoms with van der Waals surface area (Å²) in [7, 11) is 2.00. The predicted octanol–water partition coefficient (Wildman–Crippen LogP) is 3.22. The largest absolute Gasteiger partial charge is 0.374 e. The first-order valence-corrected chi connectivity index (χ1v) is 8.24. The van der Waals surface area contributed by atoms with Crippen LogP contribution in [0.2, 0.25) is 0 Å². The van der Waals surface area contributed by atoms with E-state index < -0.39 is 0 Å². The smallest absolute Gasteiger partial charge is 0.0807 e. The summed E-state index contributed by atoms with van der Waals surface area (Å²) in [5.41, 5.74) is 2.09. The number of nitrogens with one attached hydrogen (secondary N) is 1. The van der Waals surface area contributed by atoms with Gasteiger partial charge < -0.3 is 10.1 Å². The maximum atomic E-state index is 6.04. The first kappa shape index (κ1) is 17.7. The van der Waals surface area contributed by atoms with Gasteiger partial charge in [-0.25, -0.2) is 0 Å². The van der Waals surface area contributed by atoms with E-state index in [2.05, 4.69) is 54.0 Å². The summed E-state index contributed by atoms with van der Waals surface area (Å²) in [5.74, 6) is 0. The van der Waals surface area contributed by atoms with E-state index in [-0.39, 0.29) is 11.6 Å². The average Bonchev–Trinajstić information content (AvgIpc) is 2.64. The highest BCUT2D eigenvalue weighted by Gasteiger charge is 2.34. The van der Waals surface area contributed by atoms with Crippen LogP contribution < -0.4 is 5.32 Å². The summed E-state index contributed by atoms with van der Waals surface area (Å²) in [5, 5.41) is 8.06. The van der Waals surface area contributed by atoms with E-state index in [9.17, 15) is 0 Å². The summed E-state index contributed by atoms with van der Waals surface area (Å²) in [6, 6.07) is 0.267. The van der Waals surface area contributed by atoms with Crippen LogP contribution in [0.25, 0.3) is 0 Å². The Morgan fingerprint density at radius 2 is 2.05 bits per heavy atom. The maximum absolute atomic E-state index is 6.04. The normalized spacial score (nSPS) is 16.1. The van der Waals surface area contributed by atoms with Crippen LogP contribution in [-0.2, 0) is 18.2 Å². The molecule has 2 unspecified atom stereocenters. The molecule has 0 fully saturated rings. The zero-order valence-electron chi connectivity index (χ0n) is 13.6. The Bertz CT molecular complexity index is 433. The molecule has 20 heavy (non-hydrogen) atoms. The third-order valence-electron chi connectivity index (χ3n) is 4.02. The predicted molar refractivity (Wildman–Crippen MR) is 87.1 cm³/mol. The van der Waals surface area contributed by atoms with Crippen molar-refractivity contribution in [3.63, 3.8) is 0 Å². The molecule has 1 rings (SSSR count). The fourth-order valence-electron chi connectivity index (χ4n) is 2.62. The van der Waals surface area contributed by atoms with Crippen molar-refractivity contribution in [3.8, 4) is 0 Å². The highest BCUT2D eigenvalue weighted by Crippen LogP contribution is 2.27. The van der Waals surface area contributed by atoms with Crippen LogP contribution in [0.1, 0.15) is 45.5 Å². The van der Waals surface area contributed by atoms with Crippen LogP contribution in [0.5, 0.6) is 0 Å². The quantitative estimate of drug-likeness (QED) is 0.786. The highest BCUT2D eigenvalue weighted by molar-refractivity contribution is 9.10. The van der Waals surface area contributed by atoms with Gasteiger partial charge in [0, 0.05) is 26.1 Å². The lowest BCUT2D eigenvalue weighted by Crippen LogP contribution is -2.51. The number of ether oxygens (including phenoxy) is 1. The van der Waals surface area contributed by atoms with E-state index >= 15 is 0 Å². The summed E-state index contributed by atoms with van der Waals surface area (Å²) < 4.78 is 9.12. The van der Waals surface area contributed by atoms with Crippen LogP contribution >= 0.6 is 15.9 Å². The molecule has 4 nitrogen and oxygen atoms in total. The van der Waals surface area contributed by atoms with Crippen molar-refractivity contribution in [2.45, 2.75) is 59.1 Å². The number of aryl methyl sites for hydroxylation is 2. The van der Waals surface area contributed by atoms with Crippen molar-refractivity contribution >= 4 is 15.9 Å². The second-order valence-corrected chi connectivity index (χ2v) is 6.18. The Balaban J connectivity index is 3.02. The molecule has 1 N–H and O–H groups in total. The van der Waals surface area contributed by atoms with Crippen LogP contribution in [-0.4, -0.2) is 34.6 Å². The maximum Gasteiger partial charge on any atom is 0.0807 e. The van der Waals surface area contributed by atoms with E-state index in [4.69, 9.17) is 4.74 Å². The molecule has 0 spiro atoms. The molecule has 0 amide bonds. The van der Waals surface area contributed by atoms with Crippen LogP contribution in [0.4, 0.5) is 0 Å². The van der Waals surface area contributed by atoms with Gasteiger partial charge in [-0.3, -0.25) is 4.68 Å². The standard InChI is InChI=1S/C15H28BrN3O/c1-7-15(5,20-9-3)13(17-8-2)10-12-14(16)11(4)18-19(12)6/h13,17H,7-10H2,1-6H3. The molecule has 0 aliphatic rings. The molecule has 5 heteroatoms. The Labute approximate surface area is 131 Å². The van der Waals surface area contributed by atoms with Crippen molar-refractivity contribution in [2.75, 3.05) is 13.2 Å². The third-order valence-corrected chi connectivity index (χ3v) is 5.05. The van der Waals surface area contributed by atoms with E-state index in [0.717, 1.165) is 36.2 Å². The molecular formula is C15H28BrN3O. The Morgan fingerprint density at radius 3 is 2.45 bits per heavy atom. The molecule has 0 bridgehead atoms. The third kappa shape index (κ3) is 3.83. The number of hydrogen-bond acceptors (Lipinski definition) is 3. The zero-order valence-corrected chi connectivity index (χ0v) is 15.2. The van der Waals surface area contributed by atoms with E-state index in [1.807, 2.05) is 18.7 Å². The Hall–Kier alpha value is -0.390. The van der Waals surface area contributed by atoms with Crippen molar-refractivity contribution in [3.05, 3.63) is 15.9 Å². The Morgan fingerprint density at radius 1 is 1.40 bits per heavy atom. The minimum atomic E-state index is -0.164. The molecule has 2 atom stereocenters. The summed E-state index contributed by atoms with van der Waals surface area (Å²) >= 11 is 3.66. The lowest BCUT2D eigenvalue weighted by atomic mass is 9.89. The van der Waals surface area contributed by atoms with Crippen molar-refractivity contribution < 1.29 is 4.74 Å². The fourth-order valence-corrected chi connectivity index (χ4v) is 3.12. The number of aromatic nitrogens is 2. The van der Waals surface area contributed by atoms with E-state index in [0.29, 0.717) is 0 Å². The van der Waals surface area contributed by atoms with Crippen LogP contribution in [0.15, 0.2) is 4.47 Å². The first-order chi connectivity index (χ1) is 9.39. The molecule has 0 aliphatic heterocycles. The minimum Gasteiger partial charge on any atom is -0.374 e. The first-order valence-electron chi connectivity index (χ1n) is 7.44. The minimum absolute atomic E-state index is 0.164. The Kier molecular flexibility index (Phi) is 6.69. The average molecular weight is 346 g/mol. The molecule has 0 aromatic carbocycles. The summed E-state index contributed by atoms with van der Waals surface area (Å²) in [6.45, 7) is 12.3. The lowest BCUT2D eigenvalue weighted by Gasteiger charge is -2.37. The molecule has 0 saturated carbocycles. The number of halogens is 1. The van der Waals surface area contributed by atoms with Crippen molar-refractivity contribution in [1.82, 2.24) is 15.1 Å². The van der Waals surface area contributed by atoms with Crippen molar-refractivity contribution in [1.29, 1.82) is 0 Å². The highest BCUT2D eigenvalue weighted by atomic mass is 79.9. The fraction of sp³-hybridized carbons (Fsp3) is 0.800. The van der Waals surface area contributed by atoms with Gasteiger partial charge in [0.15, 0.2) is 0 Å². The number of rotatable bonds is 8. The molecule has 0 radical (unpaired) electrons. The van der Waals surface area contributed by atoms with E-state index in [1.165, 1.54) is 5.69 Å². The zero-order chi connectivity index (χ0) is 15.3. The van der Waals surface area contributed by atoms with Crippen LogP contribution in [0, 0.1) is 6.92 Å². The molecular weight excluding hydrogens is 318 g/mol. The number of hydrogen-bond donors (Lipinski definition) is 1. The molecule has 0 saturated heterocycles. The van der Waals surface area contributed by atoms with Gasteiger partial charge in [0.1, 0.15) is 0 Å². The van der Waals surface area contributed by atoms with Gasteiger partial charge in [-0.15, -0.1) is 0 Å². The lowest BCUT2D eigenvalue weighted by molar-refractivity contribution is -0.0550. The molecule has 116 valence electrons. The van der Waals surface area contributed by atoms with Gasteiger partial charge in [0.25, 0.3) is 0 Å². The molecule has 1 aromatic rings. The van der Waals surface area contributed by atoms with E-state index in [1.54, 1.807) is 0 Å². The second kappa shape index (κ2) is 7.57. The second-order valence-electron chi connectivity index (χ2n) is 5.38. The molecule has 1 heterocycles. The van der Waals surface area contributed by atoms with Crippen LogP contribution in [0.3, 0.4) is 0 Å². The number of likely N-dealkylation sites (N-methyl/N-ethyl adjacent to an activating group) is 1. The molecule has 1 aromatic heterocycles. The SMILES string of the molecule is CCNC(Cc1c(Br)c(C)nn1C)C(C)(CC)OCC. The van der Waals surface area contributed by atoms with Gasteiger partial charge in [-0.1, -0.05) is 13.8 Å². The monoisotopic (exact) mass is 345 g/mol. The summed E-state index contributed by atoms with van der Waals surface area (Å²) in [6.07, 6.45) is 1.88. The van der Waals surface area contributed by atoms with Gasteiger partial charge in [-0.05, 0) is 49.7 Å². The van der Waals surface area contributed by atoms with Gasteiger partial charge >= 0.3 is 0 Å². The number of nitrogens with zero attached hydrogens (tertiary/aromatic N) is 2. The topological polar surface area (TPSA) is 39.1 Å². The van der Waals surface area contributed by atoms with Gasteiger partial charge in [0.05, 0.1) is 21.5 Å². The van der Waals surface area contributed by atoms with Gasteiger partial charge in [0.2, 0.25) is 0 Å².